The average Bonchev–Trinajstić information content (AvgIpc) is 2.39. The first-order valence-corrected chi connectivity index (χ1v) is 7.01. The lowest BCUT2D eigenvalue weighted by Gasteiger charge is -2.35. The molecule has 2 rings (SSSR count). The van der Waals surface area contributed by atoms with Crippen molar-refractivity contribution in [2.75, 3.05) is 37.6 Å². The molecular weight excluding hydrogens is 240 g/mol. The highest BCUT2D eigenvalue weighted by Gasteiger charge is 2.19. The lowest BCUT2D eigenvalue weighted by Crippen LogP contribution is -2.48. The molecule has 0 saturated carbocycles. The largest absolute Gasteiger partial charge is 0.392 e. The Balaban J connectivity index is 1.96. The van der Waals surface area contributed by atoms with Crippen LogP contribution in [-0.4, -0.2) is 52.7 Å². The third kappa shape index (κ3) is 3.64. The van der Waals surface area contributed by atoms with Gasteiger partial charge in [-0.2, -0.15) is 0 Å². The van der Waals surface area contributed by atoms with Gasteiger partial charge in [-0.1, -0.05) is 13.8 Å². The maximum absolute atomic E-state index is 9.14. The van der Waals surface area contributed by atoms with E-state index in [1.807, 2.05) is 6.92 Å². The van der Waals surface area contributed by atoms with Gasteiger partial charge in [0.1, 0.15) is 0 Å². The molecule has 0 aliphatic carbocycles. The monoisotopic (exact) mass is 264 g/mol. The summed E-state index contributed by atoms with van der Waals surface area (Å²) < 4.78 is 0. The molecule has 1 N–H and O–H groups in total. The zero-order chi connectivity index (χ0) is 13.8. The summed E-state index contributed by atoms with van der Waals surface area (Å²) in [4.78, 5) is 13.6. The molecule has 5 nitrogen and oxygen atoms in total. The second kappa shape index (κ2) is 6.30. The third-order valence-corrected chi connectivity index (χ3v) is 3.52. The van der Waals surface area contributed by atoms with Crippen LogP contribution in [0.2, 0.25) is 0 Å². The second-order valence-electron chi connectivity index (χ2n) is 5.62. The molecule has 1 fully saturated rings. The number of anilines is 1. The number of aryl methyl sites for hydroxylation is 1. The van der Waals surface area contributed by atoms with Crippen LogP contribution in [0.5, 0.6) is 0 Å². The van der Waals surface area contributed by atoms with Gasteiger partial charge in [0.15, 0.2) is 0 Å². The van der Waals surface area contributed by atoms with Gasteiger partial charge in [-0.3, -0.25) is 4.90 Å². The van der Waals surface area contributed by atoms with Crippen LogP contribution in [0, 0.1) is 12.8 Å². The summed E-state index contributed by atoms with van der Waals surface area (Å²) in [7, 11) is 0. The van der Waals surface area contributed by atoms with Crippen LogP contribution in [0.25, 0.3) is 0 Å². The first kappa shape index (κ1) is 14.2. The van der Waals surface area contributed by atoms with E-state index in [0.717, 1.165) is 49.9 Å². The van der Waals surface area contributed by atoms with E-state index < -0.39 is 0 Å². The predicted molar refractivity (Wildman–Crippen MR) is 76.2 cm³/mol. The molecule has 1 saturated heterocycles. The minimum absolute atomic E-state index is 0.00821. The molecule has 1 aliphatic heterocycles. The Morgan fingerprint density at radius 3 is 2.47 bits per heavy atom. The summed E-state index contributed by atoms with van der Waals surface area (Å²) in [5, 5.41) is 9.14. The SMILES string of the molecule is Cc1nc(N2CCN(CC(C)C)CC2)ncc1CO. The summed E-state index contributed by atoms with van der Waals surface area (Å²) >= 11 is 0. The first-order valence-electron chi connectivity index (χ1n) is 7.01. The number of aromatic nitrogens is 2. The molecule has 0 bridgehead atoms. The fraction of sp³-hybridized carbons (Fsp3) is 0.714. The molecule has 106 valence electrons. The molecule has 0 spiro atoms. The molecule has 1 aromatic rings. The predicted octanol–water partition coefficient (Wildman–Crippen LogP) is 1.06. The highest BCUT2D eigenvalue weighted by atomic mass is 16.3. The van der Waals surface area contributed by atoms with Crippen molar-refractivity contribution in [1.82, 2.24) is 14.9 Å². The fourth-order valence-corrected chi connectivity index (χ4v) is 2.43. The van der Waals surface area contributed by atoms with Crippen LogP contribution in [-0.2, 0) is 6.61 Å². The molecule has 2 heterocycles. The molecule has 5 heteroatoms. The first-order chi connectivity index (χ1) is 9.10. The zero-order valence-corrected chi connectivity index (χ0v) is 12.1. The van der Waals surface area contributed by atoms with Gasteiger partial charge in [0.25, 0.3) is 0 Å². The molecule has 1 aromatic heterocycles. The summed E-state index contributed by atoms with van der Waals surface area (Å²) in [6.07, 6.45) is 1.73. The number of nitrogens with zero attached hydrogens (tertiary/aromatic N) is 4. The lowest BCUT2D eigenvalue weighted by atomic mass is 10.2. The van der Waals surface area contributed by atoms with Crippen molar-refractivity contribution in [3.05, 3.63) is 17.5 Å². The Labute approximate surface area is 115 Å². The van der Waals surface area contributed by atoms with Crippen LogP contribution in [0.15, 0.2) is 6.20 Å². The molecule has 0 radical (unpaired) electrons. The van der Waals surface area contributed by atoms with E-state index in [1.165, 1.54) is 0 Å². The maximum atomic E-state index is 9.14. The van der Waals surface area contributed by atoms with E-state index in [2.05, 4.69) is 33.6 Å². The van der Waals surface area contributed by atoms with E-state index in [4.69, 9.17) is 5.11 Å². The Bertz CT molecular complexity index is 414. The number of hydrogen-bond acceptors (Lipinski definition) is 5. The normalized spacial score (nSPS) is 17.2. The van der Waals surface area contributed by atoms with Gasteiger partial charge in [0, 0.05) is 50.2 Å². The van der Waals surface area contributed by atoms with Gasteiger partial charge in [0.05, 0.1) is 6.61 Å². The standard InChI is InChI=1S/C14H24N4O/c1-11(2)9-17-4-6-18(7-5-17)14-15-8-13(10-19)12(3)16-14/h8,11,19H,4-7,9-10H2,1-3H3. The maximum Gasteiger partial charge on any atom is 0.225 e. The van der Waals surface area contributed by atoms with Crippen molar-refractivity contribution in [2.24, 2.45) is 5.92 Å². The third-order valence-electron chi connectivity index (χ3n) is 3.52. The fourth-order valence-electron chi connectivity index (χ4n) is 2.43. The lowest BCUT2D eigenvalue weighted by molar-refractivity contribution is 0.230. The van der Waals surface area contributed by atoms with Gasteiger partial charge < -0.3 is 10.0 Å². The van der Waals surface area contributed by atoms with E-state index in [-0.39, 0.29) is 6.61 Å². The van der Waals surface area contributed by atoms with E-state index in [1.54, 1.807) is 6.20 Å². The number of aliphatic hydroxyl groups excluding tert-OH is 1. The van der Waals surface area contributed by atoms with Crippen molar-refractivity contribution in [2.45, 2.75) is 27.4 Å². The molecule has 0 atom stereocenters. The minimum atomic E-state index is 0.00821. The Kier molecular flexibility index (Phi) is 4.71. The van der Waals surface area contributed by atoms with Crippen LogP contribution in [0.4, 0.5) is 5.95 Å². The van der Waals surface area contributed by atoms with Crippen molar-refractivity contribution in [3.63, 3.8) is 0 Å². The molecule has 1 aliphatic rings. The number of aliphatic hydroxyl groups is 1. The number of piperazine rings is 1. The van der Waals surface area contributed by atoms with Gasteiger partial charge in [-0.25, -0.2) is 9.97 Å². The summed E-state index contributed by atoms with van der Waals surface area (Å²) in [5.74, 6) is 1.51. The summed E-state index contributed by atoms with van der Waals surface area (Å²) in [6.45, 7) is 11.7. The van der Waals surface area contributed by atoms with E-state index in [0.29, 0.717) is 5.92 Å². The zero-order valence-electron chi connectivity index (χ0n) is 12.1. The van der Waals surface area contributed by atoms with Crippen molar-refractivity contribution in [1.29, 1.82) is 0 Å². The van der Waals surface area contributed by atoms with Crippen LogP contribution < -0.4 is 4.90 Å². The Morgan fingerprint density at radius 2 is 1.95 bits per heavy atom. The van der Waals surface area contributed by atoms with Crippen LogP contribution >= 0.6 is 0 Å². The van der Waals surface area contributed by atoms with Crippen molar-refractivity contribution >= 4 is 5.95 Å². The molecular formula is C14H24N4O. The smallest absolute Gasteiger partial charge is 0.225 e. The highest BCUT2D eigenvalue weighted by molar-refractivity contribution is 5.33. The second-order valence-corrected chi connectivity index (χ2v) is 5.62. The Hall–Kier alpha value is -1.20. The van der Waals surface area contributed by atoms with E-state index >= 15 is 0 Å². The topological polar surface area (TPSA) is 52.5 Å². The quantitative estimate of drug-likeness (QED) is 0.881. The highest BCUT2D eigenvalue weighted by Crippen LogP contribution is 2.14. The van der Waals surface area contributed by atoms with Gasteiger partial charge in [-0.15, -0.1) is 0 Å². The van der Waals surface area contributed by atoms with Gasteiger partial charge in [-0.05, 0) is 12.8 Å². The molecule has 0 unspecified atom stereocenters. The van der Waals surface area contributed by atoms with Crippen molar-refractivity contribution < 1.29 is 5.11 Å². The Morgan fingerprint density at radius 1 is 1.26 bits per heavy atom. The average molecular weight is 264 g/mol. The van der Waals surface area contributed by atoms with Gasteiger partial charge >= 0.3 is 0 Å². The number of rotatable bonds is 4. The summed E-state index contributed by atoms with van der Waals surface area (Å²) in [5.41, 5.74) is 1.68. The molecule has 0 amide bonds. The summed E-state index contributed by atoms with van der Waals surface area (Å²) in [6, 6.07) is 0. The van der Waals surface area contributed by atoms with Crippen LogP contribution in [0.1, 0.15) is 25.1 Å². The minimum Gasteiger partial charge on any atom is -0.392 e. The van der Waals surface area contributed by atoms with E-state index in [9.17, 15) is 0 Å². The molecule has 19 heavy (non-hydrogen) atoms. The van der Waals surface area contributed by atoms with Crippen molar-refractivity contribution in [3.8, 4) is 0 Å². The van der Waals surface area contributed by atoms with Gasteiger partial charge in [0.2, 0.25) is 5.95 Å². The molecule has 0 aromatic carbocycles. The number of hydrogen-bond donors (Lipinski definition) is 1. The van der Waals surface area contributed by atoms with Crippen LogP contribution in [0.3, 0.4) is 0 Å².